The highest BCUT2D eigenvalue weighted by Gasteiger charge is 2.22. The Hall–Kier alpha value is -2.93. The Labute approximate surface area is 185 Å². The summed E-state index contributed by atoms with van der Waals surface area (Å²) in [5.41, 5.74) is 5.27. The van der Waals surface area contributed by atoms with Crippen LogP contribution in [0.2, 0.25) is 0 Å². The van der Waals surface area contributed by atoms with E-state index in [9.17, 15) is 4.79 Å². The van der Waals surface area contributed by atoms with Crippen molar-refractivity contribution in [3.63, 3.8) is 0 Å². The maximum absolute atomic E-state index is 11.9. The van der Waals surface area contributed by atoms with Crippen LogP contribution >= 0.6 is 11.8 Å². The molecule has 0 spiro atoms. The number of aromatic nitrogens is 4. The number of hydrogen-bond donors (Lipinski definition) is 1. The highest BCUT2D eigenvalue weighted by molar-refractivity contribution is 7.99. The lowest BCUT2D eigenvalue weighted by Gasteiger charge is -2.08. The molecule has 0 saturated heterocycles. The summed E-state index contributed by atoms with van der Waals surface area (Å²) < 4.78 is 2.22. The quantitative estimate of drug-likeness (QED) is 0.329. The van der Waals surface area contributed by atoms with Gasteiger partial charge >= 0.3 is 0 Å². The average molecular weight is 432 g/mol. The van der Waals surface area contributed by atoms with Crippen molar-refractivity contribution < 1.29 is 4.79 Å². The van der Waals surface area contributed by atoms with E-state index < -0.39 is 0 Å². The largest absolute Gasteiger partial charge is 0.353 e. The third-order valence-corrected chi connectivity index (χ3v) is 6.46. The van der Waals surface area contributed by atoms with Gasteiger partial charge in [0.15, 0.2) is 5.65 Å². The van der Waals surface area contributed by atoms with Gasteiger partial charge < -0.3 is 9.88 Å². The number of nitrogens with one attached hydrogen (secondary N) is 1. The maximum Gasteiger partial charge on any atom is 0.220 e. The molecular formula is C24H25N5OS. The van der Waals surface area contributed by atoms with E-state index in [1.165, 1.54) is 11.1 Å². The lowest BCUT2D eigenvalue weighted by atomic mass is 10.1. The molecule has 5 rings (SSSR count). The van der Waals surface area contributed by atoms with E-state index in [0.717, 1.165) is 53.6 Å². The number of hydrogen-bond acceptors (Lipinski definition) is 5. The summed E-state index contributed by atoms with van der Waals surface area (Å²) in [5, 5.41) is 13.6. The van der Waals surface area contributed by atoms with E-state index in [2.05, 4.69) is 63.4 Å². The maximum atomic E-state index is 11.9. The summed E-state index contributed by atoms with van der Waals surface area (Å²) in [5.74, 6) is 0.944. The number of benzene rings is 2. The van der Waals surface area contributed by atoms with Gasteiger partial charge in [-0.25, -0.2) is 4.98 Å². The van der Waals surface area contributed by atoms with Gasteiger partial charge in [0.1, 0.15) is 5.52 Å². The number of rotatable bonds is 8. The molecule has 1 aliphatic carbocycles. The molecule has 1 fully saturated rings. The van der Waals surface area contributed by atoms with Crippen molar-refractivity contribution in [3.8, 4) is 0 Å². The molecule has 0 aliphatic heterocycles. The van der Waals surface area contributed by atoms with Crippen molar-refractivity contribution in [3.05, 3.63) is 59.7 Å². The fourth-order valence-corrected chi connectivity index (χ4v) is 4.43. The summed E-state index contributed by atoms with van der Waals surface area (Å²) in [6.07, 6.45) is 3.59. The molecular weight excluding hydrogens is 406 g/mol. The molecule has 158 valence electrons. The number of amides is 1. The van der Waals surface area contributed by atoms with Gasteiger partial charge in [-0.3, -0.25) is 4.79 Å². The van der Waals surface area contributed by atoms with Gasteiger partial charge in [-0.05, 0) is 37.8 Å². The molecule has 2 heterocycles. The van der Waals surface area contributed by atoms with E-state index >= 15 is 0 Å². The minimum Gasteiger partial charge on any atom is -0.353 e. The predicted molar refractivity (Wildman–Crippen MR) is 124 cm³/mol. The molecule has 1 saturated carbocycles. The Bertz CT molecular complexity index is 1230. The lowest BCUT2D eigenvalue weighted by molar-refractivity contribution is -0.121. The van der Waals surface area contributed by atoms with Crippen molar-refractivity contribution >= 4 is 39.7 Å². The van der Waals surface area contributed by atoms with Gasteiger partial charge in [-0.2, -0.15) is 0 Å². The van der Waals surface area contributed by atoms with Gasteiger partial charge in [-0.15, -0.1) is 10.2 Å². The fraction of sp³-hybridized carbons (Fsp3) is 0.333. The molecule has 4 aromatic rings. The van der Waals surface area contributed by atoms with E-state index in [-0.39, 0.29) is 5.91 Å². The van der Waals surface area contributed by atoms with Crippen LogP contribution in [0.3, 0.4) is 0 Å². The summed E-state index contributed by atoms with van der Waals surface area (Å²) in [6.45, 7) is 2.83. The summed E-state index contributed by atoms with van der Waals surface area (Å²) >= 11 is 1.56. The van der Waals surface area contributed by atoms with Crippen molar-refractivity contribution in [2.45, 2.75) is 50.4 Å². The Morgan fingerprint density at radius 3 is 2.74 bits per heavy atom. The standard InChI is InChI=1S/C24H25N5OS/c1-16-8-10-17(11-9-16)15-29-20-6-3-2-5-19(20)22-23(29)26-24(28-27-22)31-14-4-7-21(30)25-18-12-13-18/h2-3,5-6,8-11,18H,4,7,12-15H2,1H3,(H,25,30). The molecule has 1 amide bonds. The van der Waals surface area contributed by atoms with E-state index in [4.69, 9.17) is 4.98 Å². The zero-order valence-electron chi connectivity index (χ0n) is 17.5. The molecule has 0 atom stereocenters. The van der Waals surface area contributed by atoms with Crippen LogP contribution in [0.4, 0.5) is 0 Å². The number of carbonyl (C=O) groups excluding carboxylic acids is 1. The van der Waals surface area contributed by atoms with Crippen LogP contribution in [0.15, 0.2) is 53.7 Å². The molecule has 31 heavy (non-hydrogen) atoms. The Morgan fingerprint density at radius 2 is 1.94 bits per heavy atom. The third kappa shape index (κ3) is 4.56. The first-order chi connectivity index (χ1) is 15.2. The fourth-order valence-electron chi connectivity index (χ4n) is 3.71. The average Bonchev–Trinajstić information content (AvgIpc) is 3.55. The first-order valence-electron chi connectivity index (χ1n) is 10.8. The second-order valence-corrected chi connectivity index (χ2v) is 9.21. The molecule has 0 unspecified atom stereocenters. The van der Waals surface area contributed by atoms with Crippen LogP contribution in [-0.2, 0) is 11.3 Å². The topological polar surface area (TPSA) is 72.7 Å². The van der Waals surface area contributed by atoms with Gasteiger partial charge in [0.05, 0.1) is 5.52 Å². The first kappa shape index (κ1) is 20.0. The molecule has 2 aromatic heterocycles. The van der Waals surface area contributed by atoms with E-state index in [0.29, 0.717) is 17.6 Å². The first-order valence-corrected chi connectivity index (χ1v) is 11.8. The second-order valence-electron chi connectivity index (χ2n) is 8.15. The minimum absolute atomic E-state index is 0.149. The normalized spacial score (nSPS) is 13.7. The van der Waals surface area contributed by atoms with Crippen LogP contribution in [0.5, 0.6) is 0 Å². The van der Waals surface area contributed by atoms with Gasteiger partial charge in [-0.1, -0.05) is 59.8 Å². The van der Waals surface area contributed by atoms with Crippen molar-refractivity contribution in [1.82, 2.24) is 25.1 Å². The smallest absolute Gasteiger partial charge is 0.220 e. The van der Waals surface area contributed by atoms with E-state index in [1.54, 1.807) is 11.8 Å². The molecule has 6 nitrogen and oxygen atoms in total. The summed E-state index contributed by atoms with van der Waals surface area (Å²) in [6, 6.07) is 17.3. The van der Waals surface area contributed by atoms with Crippen molar-refractivity contribution in [2.75, 3.05) is 5.75 Å². The van der Waals surface area contributed by atoms with Crippen molar-refractivity contribution in [1.29, 1.82) is 0 Å². The monoisotopic (exact) mass is 431 g/mol. The molecule has 7 heteroatoms. The molecule has 1 N–H and O–H groups in total. The van der Waals surface area contributed by atoms with Gasteiger partial charge in [0.25, 0.3) is 0 Å². The zero-order valence-corrected chi connectivity index (χ0v) is 18.4. The molecule has 2 aromatic carbocycles. The Kier molecular flexibility index (Phi) is 5.59. The predicted octanol–water partition coefficient (Wildman–Crippen LogP) is 4.49. The molecule has 0 radical (unpaired) electrons. The van der Waals surface area contributed by atoms with Crippen LogP contribution in [0, 0.1) is 6.92 Å². The highest BCUT2D eigenvalue weighted by Crippen LogP contribution is 2.28. The Balaban J connectivity index is 1.37. The Morgan fingerprint density at radius 1 is 1.13 bits per heavy atom. The molecule has 0 bridgehead atoms. The van der Waals surface area contributed by atoms with E-state index in [1.807, 2.05) is 12.1 Å². The van der Waals surface area contributed by atoms with Crippen LogP contribution in [0.1, 0.15) is 36.8 Å². The van der Waals surface area contributed by atoms with Crippen molar-refractivity contribution in [2.24, 2.45) is 0 Å². The number of carbonyl (C=O) groups is 1. The number of nitrogens with zero attached hydrogens (tertiary/aromatic N) is 4. The zero-order chi connectivity index (χ0) is 21.2. The second kappa shape index (κ2) is 8.67. The third-order valence-electron chi connectivity index (χ3n) is 5.54. The lowest BCUT2D eigenvalue weighted by Crippen LogP contribution is -2.25. The summed E-state index contributed by atoms with van der Waals surface area (Å²) in [4.78, 5) is 16.7. The minimum atomic E-state index is 0.149. The van der Waals surface area contributed by atoms with Crippen LogP contribution < -0.4 is 5.32 Å². The SMILES string of the molecule is Cc1ccc(Cn2c3ccccc3c3nnc(SCCCC(=O)NC4CC4)nc32)cc1. The number of thioether (sulfide) groups is 1. The number of fused-ring (bicyclic) bond motifs is 3. The molecule has 1 aliphatic rings. The highest BCUT2D eigenvalue weighted by atomic mass is 32.2. The number of para-hydroxylation sites is 1. The van der Waals surface area contributed by atoms with Gasteiger partial charge in [0, 0.05) is 30.1 Å². The van der Waals surface area contributed by atoms with Crippen LogP contribution in [-0.4, -0.2) is 37.5 Å². The van der Waals surface area contributed by atoms with Crippen LogP contribution in [0.25, 0.3) is 22.1 Å². The number of aryl methyl sites for hydroxylation is 1. The summed E-state index contributed by atoms with van der Waals surface area (Å²) in [7, 11) is 0. The van der Waals surface area contributed by atoms with Gasteiger partial charge in [0.2, 0.25) is 11.1 Å².